The predicted octanol–water partition coefficient (Wildman–Crippen LogP) is 3.80. The highest BCUT2D eigenvalue weighted by molar-refractivity contribution is 6.31. The Morgan fingerprint density at radius 2 is 1.92 bits per heavy atom. The summed E-state index contributed by atoms with van der Waals surface area (Å²) < 4.78 is 29.9. The fourth-order valence-corrected chi connectivity index (χ4v) is 2.95. The first-order chi connectivity index (χ1) is 12.5. The Morgan fingerprint density at radius 3 is 2.58 bits per heavy atom. The molecule has 134 valence electrons. The molecule has 26 heavy (non-hydrogen) atoms. The maximum atomic E-state index is 14.3. The number of rotatable bonds is 5. The quantitative estimate of drug-likeness (QED) is 0.737. The molecule has 1 amide bonds. The van der Waals surface area contributed by atoms with Gasteiger partial charge in [0, 0.05) is 35.6 Å². The first-order valence-corrected chi connectivity index (χ1v) is 8.29. The minimum absolute atomic E-state index is 0.0961. The first kappa shape index (κ1) is 18.1. The second-order valence-electron chi connectivity index (χ2n) is 5.80. The Kier molecular flexibility index (Phi) is 5.32. The maximum Gasteiger partial charge on any atom is 0.225 e. The molecule has 0 spiro atoms. The molecule has 7 heteroatoms. The van der Waals surface area contributed by atoms with E-state index in [1.807, 2.05) is 0 Å². The van der Waals surface area contributed by atoms with Crippen molar-refractivity contribution in [3.05, 3.63) is 88.5 Å². The van der Waals surface area contributed by atoms with E-state index in [4.69, 9.17) is 11.6 Å². The predicted molar refractivity (Wildman–Crippen MR) is 94.7 cm³/mol. The molecule has 0 aliphatic rings. The summed E-state index contributed by atoms with van der Waals surface area (Å²) in [5.74, 6) is -1.06. The molecular weight excluding hydrogens is 360 g/mol. The van der Waals surface area contributed by atoms with Gasteiger partial charge in [-0.05, 0) is 18.2 Å². The molecule has 3 aromatic rings. The average Bonchev–Trinajstić information content (AvgIpc) is 3.03. The molecule has 3 rings (SSSR count). The number of halogens is 3. The van der Waals surface area contributed by atoms with E-state index in [2.05, 4.69) is 10.3 Å². The van der Waals surface area contributed by atoms with Crippen molar-refractivity contribution in [3.63, 3.8) is 0 Å². The highest BCUT2D eigenvalue weighted by atomic mass is 35.5. The molecule has 1 unspecified atom stereocenters. The summed E-state index contributed by atoms with van der Waals surface area (Å²) in [6.45, 7) is 0. The zero-order valence-corrected chi connectivity index (χ0v) is 14.7. The van der Waals surface area contributed by atoms with E-state index in [1.54, 1.807) is 42.2 Å². The van der Waals surface area contributed by atoms with Crippen LogP contribution in [0.1, 0.15) is 23.0 Å². The molecule has 0 saturated heterocycles. The summed E-state index contributed by atoms with van der Waals surface area (Å²) in [5.41, 5.74) is 0.369. The van der Waals surface area contributed by atoms with Crippen molar-refractivity contribution in [2.45, 2.75) is 12.5 Å². The van der Waals surface area contributed by atoms with Crippen LogP contribution in [-0.4, -0.2) is 15.5 Å². The number of benzene rings is 2. The fourth-order valence-electron chi connectivity index (χ4n) is 2.72. The molecule has 0 aliphatic carbocycles. The van der Waals surface area contributed by atoms with Gasteiger partial charge in [-0.3, -0.25) is 4.79 Å². The molecule has 2 aromatic carbocycles. The summed E-state index contributed by atoms with van der Waals surface area (Å²) in [7, 11) is 1.75. The van der Waals surface area contributed by atoms with Crippen molar-refractivity contribution < 1.29 is 13.6 Å². The van der Waals surface area contributed by atoms with Gasteiger partial charge >= 0.3 is 0 Å². The van der Waals surface area contributed by atoms with Crippen LogP contribution in [0.25, 0.3) is 0 Å². The highest BCUT2D eigenvalue weighted by Gasteiger charge is 2.24. The average molecular weight is 376 g/mol. The topological polar surface area (TPSA) is 46.9 Å². The Labute approximate surface area is 154 Å². The molecular formula is C19H16ClF2N3O. The van der Waals surface area contributed by atoms with Crippen LogP contribution in [0.2, 0.25) is 5.02 Å². The van der Waals surface area contributed by atoms with E-state index in [0.717, 1.165) is 0 Å². The fraction of sp³-hybridized carbons (Fsp3) is 0.158. The van der Waals surface area contributed by atoms with Crippen LogP contribution in [0.15, 0.2) is 54.9 Å². The van der Waals surface area contributed by atoms with Crippen molar-refractivity contribution >= 4 is 17.5 Å². The minimum atomic E-state index is -0.811. The largest absolute Gasteiger partial charge is 0.342 e. The molecule has 0 aliphatic heterocycles. The van der Waals surface area contributed by atoms with Gasteiger partial charge in [0.1, 0.15) is 23.5 Å². The molecule has 0 fully saturated rings. The zero-order valence-electron chi connectivity index (χ0n) is 13.9. The van der Waals surface area contributed by atoms with Gasteiger partial charge in [0.15, 0.2) is 0 Å². The number of aryl methyl sites for hydroxylation is 1. The number of amides is 1. The molecule has 1 atom stereocenters. The third kappa shape index (κ3) is 3.75. The van der Waals surface area contributed by atoms with Gasteiger partial charge in [0.25, 0.3) is 0 Å². The van der Waals surface area contributed by atoms with E-state index in [9.17, 15) is 13.6 Å². The SMILES string of the molecule is Cn1ccnc1C(NC(=O)Cc1c(F)cccc1Cl)c1ccccc1F. The van der Waals surface area contributed by atoms with Crippen molar-refractivity contribution in [1.82, 2.24) is 14.9 Å². The summed E-state index contributed by atoms with van der Waals surface area (Å²) in [4.78, 5) is 16.7. The van der Waals surface area contributed by atoms with E-state index in [0.29, 0.717) is 5.82 Å². The lowest BCUT2D eigenvalue weighted by atomic mass is 10.0. The Morgan fingerprint density at radius 1 is 1.19 bits per heavy atom. The Bertz CT molecular complexity index is 922. The van der Waals surface area contributed by atoms with Crippen molar-refractivity contribution in [3.8, 4) is 0 Å². The second-order valence-corrected chi connectivity index (χ2v) is 6.20. The zero-order chi connectivity index (χ0) is 18.7. The number of nitrogens with one attached hydrogen (secondary N) is 1. The lowest BCUT2D eigenvalue weighted by molar-refractivity contribution is -0.121. The third-order valence-electron chi connectivity index (χ3n) is 4.04. The molecule has 0 radical (unpaired) electrons. The van der Waals surface area contributed by atoms with Crippen LogP contribution in [0.4, 0.5) is 8.78 Å². The van der Waals surface area contributed by atoms with E-state index >= 15 is 0 Å². The number of nitrogens with zero attached hydrogens (tertiary/aromatic N) is 2. The van der Waals surface area contributed by atoms with Crippen LogP contribution in [-0.2, 0) is 18.3 Å². The molecule has 0 saturated carbocycles. The number of imidazole rings is 1. The van der Waals surface area contributed by atoms with Crippen LogP contribution in [0.5, 0.6) is 0 Å². The van der Waals surface area contributed by atoms with E-state index < -0.39 is 23.6 Å². The monoisotopic (exact) mass is 375 g/mol. The molecule has 1 aromatic heterocycles. The summed E-state index contributed by atoms with van der Waals surface area (Å²) in [6.07, 6.45) is 2.99. The van der Waals surface area contributed by atoms with Crippen LogP contribution in [0, 0.1) is 11.6 Å². The smallest absolute Gasteiger partial charge is 0.225 e. The molecule has 1 heterocycles. The van der Waals surface area contributed by atoms with Crippen molar-refractivity contribution in [1.29, 1.82) is 0 Å². The van der Waals surface area contributed by atoms with E-state index in [1.165, 1.54) is 24.3 Å². The van der Waals surface area contributed by atoms with Crippen LogP contribution >= 0.6 is 11.6 Å². The molecule has 1 N–H and O–H groups in total. The highest BCUT2D eigenvalue weighted by Crippen LogP contribution is 2.24. The number of hydrogen-bond acceptors (Lipinski definition) is 2. The van der Waals surface area contributed by atoms with Crippen LogP contribution < -0.4 is 5.32 Å². The number of aromatic nitrogens is 2. The standard InChI is InChI=1S/C19H16ClF2N3O/c1-25-10-9-23-19(25)18(12-5-2-3-7-15(12)21)24-17(26)11-13-14(20)6-4-8-16(13)22/h2-10,18H,11H2,1H3,(H,24,26). The normalized spacial score (nSPS) is 12.0. The summed E-state index contributed by atoms with van der Waals surface area (Å²) >= 11 is 5.98. The van der Waals surface area contributed by atoms with Gasteiger partial charge in [-0.2, -0.15) is 0 Å². The Balaban J connectivity index is 1.90. The van der Waals surface area contributed by atoms with Gasteiger partial charge in [-0.25, -0.2) is 13.8 Å². The van der Waals surface area contributed by atoms with Crippen molar-refractivity contribution in [2.75, 3.05) is 0 Å². The molecule has 4 nitrogen and oxygen atoms in total. The number of carbonyl (C=O) groups is 1. The number of hydrogen-bond donors (Lipinski definition) is 1. The second kappa shape index (κ2) is 7.66. The van der Waals surface area contributed by atoms with E-state index in [-0.39, 0.29) is 22.6 Å². The van der Waals surface area contributed by atoms with Crippen molar-refractivity contribution in [2.24, 2.45) is 7.05 Å². The number of carbonyl (C=O) groups excluding carboxylic acids is 1. The summed E-state index contributed by atoms with van der Waals surface area (Å²) in [5, 5.41) is 2.90. The summed E-state index contributed by atoms with van der Waals surface area (Å²) in [6, 6.07) is 9.53. The van der Waals surface area contributed by atoms with Crippen LogP contribution in [0.3, 0.4) is 0 Å². The molecule has 0 bridgehead atoms. The lowest BCUT2D eigenvalue weighted by Gasteiger charge is -2.20. The minimum Gasteiger partial charge on any atom is -0.342 e. The van der Waals surface area contributed by atoms with Gasteiger partial charge in [0.2, 0.25) is 5.91 Å². The maximum absolute atomic E-state index is 14.3. The van der Waals surface area contributed by atoms with Gasteiger partial charge in [-0.1, -0.05) is 35.9 Å². The van der Waals surface area contributed by atoms with Gasteiger partial charge in [-0.15, -0.1) is 0 Å². The lowest BCUT2D eigenvalue weighted by Crippen LogP contribution is -2.33. The van der Waals surface area contributed by atoms with Gasteiger partial charge < -0.3 is 9.88 Å². The third-order valence-corrected chi connectivity index (χ3v) is 4.39. The van der Waals surface area contributed by atoms with Gasteiger partial charge in [0.05, 0.1) is 6.42 Å². The Hall–Kier alpha value is -2.73. The first-order valence-electron chi connectivity index (χ1n) is 7.91.